The number of carbonyl (C=O) groups excluding carboxylic acids is 1. The summed E-state index contributed by atoms with van der Waals surface area (Å²) in [5, 5.41) is 2.98. The molecule has 1 heterocycles. The van der Waals surface area contributed by atoms with Gasteiger partial charge in [-0.05, 0) is 43.0 Å². The Hall–Kier alpha value is -2.74. The molecule has 30 heavy (non-hydrogen) atoms. The third kappa shape index (κ3) is 5.24. The standard InChI is InChI=1S/C22H28N2O5S/c1-4-17-8-5-7-16(2)22(17)23-21(25)9-6-12-24(30(3,26)27)18-10-11-19-20(15-18)29-14-13-28-19/h5,7-8,10-11,15H,4,6,9,12-14H2,1-3H3,(H,23,25). The third-order valence-corrected chi connectivity index (χ3v) is 6.18. The minimum absolute atomic E-state index is 0.130. The molecule has 0 spiro atoms. The Labute approximate surface area is 178 Å². The van der Waals surface area contributed by atoms with Gasteiger partial charge in [0.1, 0.15) is 13.2 Å². The summed E-state index contributed by atoms with van der Waals surface area (Å²) in [7, 11) is -3.51. The maximum Gasteiger partial charge on any atom is 0.232 e. The van der Waals surface area contributed by atoms with Gasteiger partial charge in [0.2, 0.25) is 15.9 Å². The van der Waals surface area contributed by atoms with Crippen molar-refractivity contribution in [2.24, 2.45) is 0 Å². The number of aryl methyl sites for hydroxylation is 2. The van der Waals surface area contributed by atoms with Crippen molar-refractivity contribution < 1.29 is 22.7 Å². The minimum Gasteiger partial charge on any atom is -0.486 e. The van der Waals surface area contributed by atoms with Crippen molar-refractivity contribution in [2.75, 3.05) is 35.6 Å². The van der Waals surface area contributed by atoms with Crippen molar-refractivity contribution in [3.8, 4) is 11.5 Å². The van der Waals surface area contributed by atoms with E-state index in [1.54, 1.807) is 18.2 Å². The van der Waals surface area contributed by atoms with Crippen molar-refractivity contribution >= 4 is 27.3 Å². The number of hydrogen-bond acceptors (Lipinski definition) is 5. The first kappa shape index (κ1) is 22.0. The Kier molecular flexibility index (Phi) is 6.87. The second-order valence-corrected chi connectivity index (χ2v) is 9.18. The summed E-state index contributed by atoms with van der Waals surface area (Å²) in [5.41, 5.74) is 3.43. The summed E-state index contributed by atoms with van der Waals surface area (Å²) < 4.78 is 37.0. The smallest absolute Gasteiger partial charge is 0.232 e. The average Bonchev–Trinajstić information content (AvgIpc) is 2.71. The number of sulfonamides is 1. The van der Waals surface area contributed by atoms with Gasteiger partial charge in [-0.25, -0.2) is 8.42 Å². The summed E-state index contributed by atoms with van der Waals surface area (Å²) in [5.74, 6) is 0.995. The number of para-hydroxylation sites is 1. The van der Waals surface area contributed by atoms with E-state index >= 15 is 0 Å². The number of anilines is 2. The van der Waals surface area contributed by atoms with Crippen LogP contribution in [0.5, 0.6) is 11.5 Å². The highest BCUT2D eigenvalue weighted by molar-refractivity contribution is 7.92. The van der Waals surface area contributed by atoms with Crippen LogP contribution >= 0.6 is 0 Å². The number of fused-ring (bicyclic) bond motifs is 1. The number of nitrogens with zero attached hydrogens (tertiary/aromatic N) is 1. The molecule has 0 fully saturated rings. The molecular weight excluding hydrogens is 404 g/mol. The highest BCUT2D eigenvalue weighted by Gasteiger charge is 2.21. The predicted octanol–water partition coefficient (Wildman–Crippen LogP) is 3.51. The van der Waals surface area contributed by atoms with Crippen LogP contribution in [0.25, 0.3) is 0 Å². The van der Waals surface area contributed by atoms with E-state index in [0.717, 1.165) is 29.5 Å². The van der Waals surface area contributed by atoms with Gasteiger partial charge in [0.05, 0.1) is 11.9 Å². The summed E-state index contributed by atoms with van der Waals surface area (Å²) in [6.07, 6.45) is 2.59. The number of amides is 1. The lowest BCUT2D eigenvalue weighted by Crippen LogP contribution is -2.31. The molecule has 0 saturated carbocycles. The average molecular weight is 433 g/mol. The van der Waals surface area contributed by atoms with Crippen LogP contribution in [0, 0.1) is 6.92 Å². The Morgan fingerprint density at radius 1 is 1.13 bits per heavy atom. The molecule has 1 aliphatic rings. The topological polar surface area (TPSA) is 84.9 Å². The zero-order chi connectivity index (χ0) is 21.7. The van der Waals surface area contributed by atoms with E-state index in [9.17, 15) is 13.2 Å². The largest absolute Gasteiger partial charge is 0.486 e. The van der Waals surface area contributed by atoms with Crippen LogP contribution in [0.2, 0.25) is 0 Å². The molecule has 7 nitrogen and oxygen atoms in total. The third-order valence-electron chi connectivity index (χ3n) is 4.98. The van der Waals surface area contributed by atoms with Crippen LogP contribution in [-0.4, -0.2) is 40.3 Å². The van der Waals surface area contributed by atoms with Crippen LogP contribution in [0.15, 0.2) is 36.4 Å². The molecule has 0 saturated heterocycles. The molecule has 0 aliphatic carbocycles. The Balaban J connectivity index is 1.66. The van der Waals surface area contributed by atoms with Crippen molar-refractivity contribution in [1.82, 2.24) is 0 Å². The van der Waals surface area contributed by atoms with E-state index in [-0.39, 0.29) is 18.9 Å². The SMILES string of the molecule is CCc1cccc(C)c1NC(=O)CCCN(c1ccc2c(c1)OCCO2)S(C)(=O)=O. The normalized spacial score (nSPS) is 13.0. The number of ether oxygens (including phenoxy) is 2. The van der Waals surface area contributed by atoms with E-state index in [2.05, 4.69) is 5.32 Å². The molecule has 2 aromatic carbocycles. The van der Waals surface area contributed by atoms with Crippen LogP contribution in [0.3, 0.4) is 0 Å². The highest BCUT2D eigenvalue weighted by atomic mass is 32.2. The van der Waals surface area contributed by atoms with E-state index < -0.39 is 10.0 Å². The van der Waals surface area contributed by atoms with Crippen molar-refractivity contribution in [3.05, 3.63) is 47.5 Å². The number of carbonyl (C=O) groups is 1. The van der Waals surface area contributed by atoms with Gasteiger partial charge in [-0.15, -0.1) is 0 Å². The maximum atomic E-state index is 12.5. The van der Waals surface area contributed by atoms with Gasteiger partial charge in [0.25, 0.3) is 0 Å². The zero-order valence-electron chi connectivity index (χ0n) is 17.6. The van der Waals surface area contributed by atoms with E-state index in [4.69, 9.17) is 9.47 Å². The molecule has 1 aliphatic heterocycles. The maximum absolute atomic E-state index is 12.5. The Morgan fingerprint density at radius 2 is 1.87 bits per heavy atom. The molecule has 1 amide bonds. The minimum atomic E-state index is -3.51. The number of rotatable bonds is 8. The molecule has 162 valence electrons. The molecule has 0 radical (unpaired) electrons. The van der Waals surface area contributed by atoms with Gasteiger partial charge in [-0.1, -0.05) is 25.1 Å². The van der Waals surface area contributed by atoms with Crippen LogP contribution in [0.1, 0.15) is 30.9 Å². The van der Waals surface area contributed by atoms with Crippen LogP contribution in [0.4, 0.5) is 11.4 Å². The molecular formula is C22H28N2O5S. The molecule has 3 rings (SSSR count). The van der Waals surface area contributed by atoms with Gasteiger partial charge in [0, 0.05) is 24.7 Å². The van der Waals surface area contributed by atoms with Gasteiger partial charge >= 0.3 is 0 Å². The first-order valence-electron chi connectivity index (χ1n) is 10.0. The van der Waals surface area contributed by atoms with Crippen LogP contribution < -0.4 is 19.1 Å². The predicted molar refractivity (Wildman–Crippen MR) is 118 cm³/mol. The Morgan fingerprint density at radius 3 is 2.57 bits per heavy atom. The second kappa shape index (κ2) is 9.38. The molecule has 0 atom stereocenters. The summed E-state index contributed by atoms with van der Waals surface area (Å²) in [6, 6.07) is 11.0. The first-order chi connectivity index (χ1) is 14.3. The van der Waals surface area contributed by atoms with E-state index in [0.29, 0.717) is 36.8 Å². The van der Waals surface area contributed by atoms with Gasteiger partial charge in [-0.3, -0.25) is 9.10 Å². The van der Waals surface area contributed by atoms with E-state index in [1.165, 1.54) is 4.31 Å². The lowest BCUT2D eigenvalue weighted by atomic mass is 10.1. The van der Waals surface area contributed by atoms with Gasteiger partial charge in [-0.2, -0.15) is 0 Å². The van der Waals surface area contributed by atoms with Crippen molar-refractivity contribution in [1.29, 1.82) is 0 Å². The fourth-order valence-electron chi connectivity index (χ4n) is 3.46. The number of hydrogen-bond donors (Lipinski definition) is 1. The van der Waals surface area contributed by atoms with Crippen LogP contribution in [-0.2, 0) is 21.2 Å². The summed E-state index contributed by atoms with van der Waals surface area (Å²) in [6.45, 7) is 5.09. The molecule has 0 bridgehead atoms. The zero-order valence-corrected chi connectivity index (χ0v) is 18.4. The fraction of sp³-hybridized carbons (Fsp3) is 0.409. The van der Waals surface area contributed by atoms with Gasteiger partial charge in [0.15, 0.2) is 11.5 Å². The fourth-order valence-corrected chi connectivity index (χ4v) is 4.42. The first-order valence-corrected chi connectivity index (χ1v) is 11.9. The molecule has 1 N–H and O–H groups in total. The van der Waals surface area contributed by atoms with Crippen molar-refractivity contribution in [3.63, 3.8) is 0 Å². The molecule has 0 unspecified atom stereocenters. The number of nitrogens with one attached hydrogen (secondary N) is 1. The lowest BCUT2D eigenvalue weighted by molar-refractivity contribution is -0.116. The molecule has 0 aromatic heterocycles. The summed E-state index contributed by atoms with van der Waals surface area (Å²) in [4.78, 5) is 12.5. The van der Waals surface area contributed by atoms with E-state index in [1.807, 2.05) is 32.0 Å². The second-order valence-electron chi connectivity index (χ2n) is 7.28. The van der Waals surface area contributed by atoms with Gasteiger partial charge < -0.3 is 14.8 Å². The lowest BCUT2D eigenvalue weighted by Gasteiger charge is -2.25. The number of benzene rings is 2. The highest BCUT2D eigenvalue weighted by Crippen LogP contribution is 2.34. The van der Waals surface area contributed by atoms with Crippen molar-refractivity contribution in [2.45, 2.75) is 33.1 Å². The molecule has 2 aromatic rings. The molecule has 8 heteroatoms. The summed E-state index contributed by atoms with van der Waals surface area (Å²) >= 11 is 0. The monoisotopic (exact) mass is 432 g/mol. The Bertz CT molecular complexity index is 1020. The quantitative estimate of drug-likeness (QED) is 0.690.